The van der Waals surface area contributed by atoms with E-state index in [0.717, 1.165) is 25.7 Å². The van der Waals surface area contributed by atoms with Crippen LogP contribution in [0.2, 0.25) is 0 Å². The Morgan fingerprint density at radius 2 is 1.94 bits per heavy atom. The monoisotopic (exact) mass is 219 g/mol. The van der Waals surface area contributed by atoms with Crippen molar-refractivity contribution in [1.29, 1.82) is 0 Å². The van der Waals surface area contributed by atoms with E-state index in [0.29, 0.717) is 5.69 Å². The summed E-state index contributed by atoms with van der Waals surface area (Å²) in [6.45, 7) is 0. The van der Waals surface area contributed by atoms with Gasteiger partial charge in [0.2, 0.25) is 0 Å². The molecule has 1 N–H and O–H groups in total. The second-order valence-electron chi connectivity index (χ2n) is 4.51. The molecule has 1 spiro atoms. The highest BCUT2D eigenvalue weighted by atomic mass is 16.2. The highest BCUT2D eigenvalue weighted by molar-refractivity contribution is 5.94. The molecule has 1 fully saturated rings. The van der Waals surface area contributed by atoms with Crippen LogP contribution >= 0.6 is 0 Å². The summed E-state index contributed by atoms with van der Waals surface area (Å²) in [5.74, 6) is -0.174. The zero-order valence-electron chi connectivity index (χ0n) is 8.90. The van der Waals surface area contributed by atoms with Gasteiger partial charge >= 0.3 is 0 Å². The van der Waals surface area contributed by atoms with E-state index in [-0.39, 0.29) is 11.5 Å². The molecule has 1 saturated carbocycles. The first-order valence-electron chi connectivity index (χ1n) is 5.63. The first-order chi connectivity index (χ1) is 7.73. The summed E-state index contributed by atoms with van der Waals surface area (Å²) >= 11 is 0. The van der Waals surface area contributed by atoms with Gasteiger partial charge in [0, 0.05) is 0 Å². The van der Waals surface area contributed by atoms with E-state index in [4.69, 9.17) is 0 Å². The van der Waals surface area contributed by atoms with Gasteiger partial charge in [-0.05, 0) is 25.7 Å². The number of rotatable bonds is 0. The normalized spacial score (nSPS) is 21.9. The summed E-state index contributed by atoms with van der Waals surface area (Å²) in [6, 6.07) is 0. The van der Waals surface area contributed by atoms with Crippen LogP contribution < -0.4 is 10.9 Å². The van der Waals surface area contributed by atoms with E-state index < -0.39 is 5.66 Å². The Labute approximate surface area is 92.5 Å². The van der Waals surface area contributed by atoms with Crippen molar-refractivity contribution in [2.75, 3.05) is 0 Å². The molecule has 16 heavy (non-hydrogen) atoms. The summed E-state index contributed by atoms with van der Waals surface area (Å²) in [7, 11) is 0. The van der Waals surface area contributed by atoms with Gasteiger partial charge in [0.05, 0.1) is 12.4 Å². The Balaban J connectivity index is 2.20. The van der Waals surface area contributed by atoms with Gasteiger partial charge in [-0.25, -0.2) is 0 Å². The Bertz CT molecular complexity index is 500. The lowest BCUT2D eigenvalue weighted by Gasteiger charge is -2.34. The van der Waals surface area contributed by atoms with Crippen LogP contribution in [0.15, 0.2) is 17.2 Å². The lowest BCUT2D eigenvalue weighted by atomic mass is 9.89. The number of aromatic nitrogens is 2. The van der Waals surface area contributed by atoms with Crippen LogP contribution in [-0.4, -0.2) is 15.5 Å². The fourth-order valence-corrected chi connectivity index (χ4v) is 2.82. The number of fused-ring (bicyclic) bond motifs is 2. The van der Waals surface area contributed by atoms with Crippen molar-refractivity contribution in [2.45, 2.75) is 37.8 Å². The maximum absolute atomic E-state index is 11.8. The maximum atomic E-state index is 11.8. The number of nitrogens with one attached hydrogen (secondary N) is 1. The molecule has 5 heteroatoms. The fourth-order valence-electron chi connectivity index (χ4n) is 2.82. The van der Waals surface area contributed by atoms with E-state index in [9.17, 15) is 9.59 Å². The molecule has 3 rings (SSSR count). The molecular formula is C11H13N3O2. The fraction of sp³-hybridized carbons (Fsp3) is 0.545. The SMILES string of the molecule is O=C1NC2(CCCCC2)n2c1cncc2=O. The van der Waals surface area contributed by atoms with E-state index >= 15 is 0 Å². The van der Waals surface area contributed by atoms with Gasteiger partial charge < -0.3 is 5.32 Å². The lowest BCUT2D eigenvalue weighted by molar-refractivity contribution is 0.0877. The van der Waals surface area contributed by atoms with Crippen LogP contribution in [0.3, 0.4) is 0 Å². The zero-order valence-corrected chi connectivity index (χ0v) is 8.90. The minimum Gasteiger partial charge on any atom is -0.327 e. The van der Waals surface area contributed by atoms with Crippen LogP contribution in [0.1, 0.15) is 42.6 Å². The number of carbonyl (C=O) groups excluding carboxylic acids is 1. The Morgan fingerprint density at radius 1 is 1.19 bits per heavy atom. The lowest BCUT2D eigenvalue weighted by Crippen LogP contribution is -2.48. The molecule has 0 atom stereocenters. The second-order valence-corrected chi connectivity index (χ2v) is 4.51. The number of carbonyl (C=O) groups is 1. The van der Waals surface area contributed by atoms with Crippen LogP contribution in [0.25, 0.3) is 0 Å². The summed E-state index contributed by atoms with van der Waals surface area (Å²) in [6.07, 6.45) is 7.71. The van der Waals surface area contributed by atoms with Gasteiger partial charge in [0.25, 0.3) is 11.5 Å². The predicted molar refractivity (Wildman–Crippen MR) is 57.0 cm³/mol. The van der Waals surface area contributed by atoms with Crippen molar-refractivity contribution in [3.8, 4) is 0 Å². The van der Waals surface area contributed by atoms with Crippen LogP contribution in [0.4, 0.5) is 0 Å². The summed E-state index contributed by atoms with van der Waals surface area (Å²) in [5, 5.41) is 2.96. The van der Waals surface area contributed by atoms with Crippen LogP contribution in [-0.2, 0) is 5.66 Å². The molecule has 2 aliphatic rings. The van der Waals surface area contributed by atoms with Crippen molar-refractivity contribution < 1.29 is 4.79 Å². The molecule has 1 aromatic heterocycles. The van der Waals surface area contributed by atoms with Gasteiger partial charge in [0.1, 0.15) is 11.4 Å². The highest BCUT2D eigenvalue weighted by Crippen LogP contribution is 2.35. The number of hydrogen-bond donors (Lipinski definition) is 1. The quantitative estimate of drug-likeness (QED) is 0.695. The van der Waals surface area contributed by atoms with Gasteiger partial charge in [-0.15, -0.1) is 0 Å². The molecule has 84 valence electrons. The van der Waals surface area contributed by atoms with Crippen LogP contribution in [0.5, 0.6) is 0 Å². The average Bonchev–Trinajstić information content (AvgIpc) is 2.55. The highest BCUT2D eigenvalue weighted by Gasteiger charge is 2.43. The molecule has 0 radical (unpaired) electrons. The number of amides is 1. The summed E-state index contributed by atoms with van der Waals surface area (Å²) in [5.41, 5.74) is -0.253. The maximum Gasteiger partial charge on any atom is 0.271 e. The van der Waals surface area contributed by atoms with Gasteiger partial charge in [-0.1, -0.05) is 6.42 Å². The van der Waals surface area contributed by atoms with Gasteiger partial charge in [0.15, 0.2) is 0 Å². The van der Waals surface area contributed by atoms with Crippen molar-refractivity contribution in [3.63, 3.8) is 0 Å². The zero-order chi connectivity index (χ0) is 11.2. The number of hydrogen-bond acceptors (Lipinski definition) is 3. The molecule has 0 unspecified atom stereocenters. The standard InChI is InChI=1S/C11H13N3O2/c15-9-7-12-6-8-10(16)13-11(14(8)9)4-2-1-3-5-11/h6-7H,1-5H2,(H,13,16). The first-order valence-corrected chi connectivity index (χ1v) is 5.63. The van der Waals surface area contributed by atoms with Crippen molar-refractivity contribution in [3.05, 3.63) is 28.4 Å². The molecular weight excluding hydrogens is 206 g/mol. The van der Waals surface area contributed by atoms with Gasteiger partial charge in [-0.3, -0.25) is 19.1 Å². The third kappa shape index (κ3) is 1.14. The molecule has 5 nitrogen and oxygen atoms in total. The first kappa shape index (κ1) is 9.57. The molecule has 1 aromatic rings. The van der Waals surface area contributed by atoms with Crippen LogP contribution in [0, 0.1) is 0 Å². The molecule has 1 amide bonds. The predicted octanol–water partition coefficient (Wildman–Crippen LogP) is 0.604. The van der Waals surface area contributed by atoms with Crippen molar-refractivity contribution in [1.82, 2.24) is 14.9 Å². The molecule has 1 aliphatic carbocycles. The minimum atomic E-state index is -0.468. The largest absolute Gasteiger partial charge is 0.327 e. The third-order valence-electron chi connectivity index (χ3n) is 3.53. The van der Waals surface area contributed by atoms with E-state index in [1.165, 1.54) is 18.8 Å². The Morgan fingerprint density at radius 3 is 2.69 bits per heavy atom. The van der Waals surface area contributed by atoms with E-state index in [2.05, 4.69) is 10.3 Å². The molecule has 0 aromatic carbocycles. The molecule has 1 aliphatic heterocycles. The van der Waals surface area contributed by atoms with Crippen molar-refractivity contribution >= 4 is 5.91 Å². The Hall–Kier alpha value is -1.65. The third-order valence-corrected chi connectivity index (χ3v) is 3.53. The Kier molecular flexibility index (Phi) is 1.89. The average molecular weight is 219 g/mol. The second kappa shape index (κ2) is 3.17. The topological polar surface area (TPSA) is 64.0 Å². The minimum absolute atomic E-state index is 0.174. The molecule has 2 heterocycles. The van der Waals surface area contributed by atoms with E-state index in [1.807, 2.05) is 0 Å². The molecule has 0 saturated heterocycles. The van der Waals surface area contributed by atoms with Gasteiger partial charge in [-0.2, -0.15) is 0 Å². The number of nitrogens with zero attached hydrogens (tertiary/aromatic N) is 2. The molecule has 0 bridgehead atoms. The smallest absolute Gasteiger partial charge is 0.271 e. The summed E-state index contributed by atoms with van der Waals surface area (Å²) in [4.78, 5) is 27.4. The van der Waals surface area contributed by atoms with E-state index in [1.54, 1.807) is 4.57 Å². The summed E-state index contributed by atoms with van der Waals surface area (Å²) < 4.78 is 1.60. The van der Waals surface area contributed by atoms with Crippen molar-refractivity contribution in [2.24, 2.45) is 0 Å².